The third-order valence-corrected chi connectivity index (χ3v) is 3.23. The Morgan fingerprint density at radius 3 is 3.06 bits per heavy atom. The molecule has 2 N–H and O–H groups in total. The van der Waals surface area contributed by atoms with E-state index in [1.54, 1.807) is 0 Å². The van der Waals surface area contributed by atoms with E-state index in [0.717, 1.165) is 48.9 Å². The van der Waals surface area contributed by atoms with Gasteiger partial charge in [0.25, 0.3) is 5.91 Å². The molecule has 1 atom stereocenters. The number of aliphatic hydroxyl groups is 1. The Hall–Kier alpha value is -1.35. The molecular formula is C14H19NO2. The van der Waals surface area contributed by atoms with Gasteiger partial charge in [-0.1, -0.05) is 25.5 Å². The summed E-state index contributed by atoms with van der Waals surface area (Å²) in [7, 11) is 0. The Kier molecular flexibility index (Phi) is 3.79. The second kappa shape index (κ2) is 5.32. The smallest absolute Gasteiger partial charge is 0.251 e. The molecule has 3 heteroatoms. The van der Waals surface area contributed by atoms with Crippen LogP contribution >= 0.6 is 0 Å². The number of hydrogen-bond acceptors (Lipinski definition) is 2. The molecule has 0 aliphatic carbocycles. The maximum atomic E-state index is 11.8. The highest BCUT2D eigenvalue weighted by Gasteiger charge is 2.17. The number of nitrogens with one attached hydrogen (secondary N) is 1. The van der Waals surface area contributed by atoms with Gasteiger partial charge in [-0.05, 0) is 36.5 Å². The Labute approximate surface area is 102 Å². The molecule has 1 aliphatic heterocycles. The van der Waals surface area contributed by atoms with E-state index >= 15 is 0 Å². The van der Waals surface area contributed by atoms with Gasteiger partial charge < -0.3 is 10.4 Å². The Balaban J connectivity index is 2.31. The summed E-state index contributed by atoms with van der Waals surface area (Å²) in [4.78, 5) is 11.8. The van der Waals surface area contributed by atoms with Gasteiger partial charge in [0.1, 0.15) is 0 Å². The molecule has 1 heterocycles. The summed E-state index contributed by atoms with van der Waals surface area (Å²) in [5, 5.41) is 12.8. The third kappa shape index (κ3) is 2.67. The zero-order valence-electron chi connectivity index (χ0n) is 10.2. The first-order valence-electron chi connectivity index (χ1n) is 6.31. The van der Waals surface area contributed by atoms with E-state index in [4.69, 9.17) is 0 Å². The summed E-state index contributed by atoms with van der Waals surface area (Å²) in [6, 6.07) is 5.77. The molecule has 0 fully saturated rings. The lowest BCUT2D eigenvalue weighted by molar-refractivity contribution is 0.0955. The van der Waals surface area contributed by atoms with E-state index in [9.17, 15) is 9.90 Å². The highest BCUT2D eigenvalue weighted by atomic mass is 16.3. The zero-order chi connectivity index (χ0) is 12.3. The largest absolute Gasteiger partial charge is 0.388 e. The average molecular weight is 233 g/mol. The van der Waals surface area contributed by atoms with Crippen LogP contribution in [0.1, 0.15) is 53.8 Å². The molecule has 1 aliphatic rings. The van der Waals surface area contributed by atoms with Crippen molar-refractivity contribution in [2.24, 2.45) is 0 Å². The van der Waals surface area contributed by atoms with Crippen molar-refractivity contribution in [3.63, 3.8) is 0 Å². The van der Waals surface area contributed by atoms with Gasteiger partial charge >= 0.3 is 0 Å². The van der Waals surface area contributed by atoms with Crippen molar-refractivity contribution in [3.05, 3.63) is 34.9 Å². The van der Waals surface area contributed by atoms with E-state index < -0.39 is 6.10 Å². The summed E-state index contributed by atoms with van der Waals surface area (Å²) in [6.45, 7) is 2.78. The standard InChI is InChI=1S/C14H19NO2/c1-2-4-13(16)11-7-6-10-5-3-8-15-14(17)12(10)9-11/h6-7,9,13,16H,2-5,8H2,1H3,(H,15,17). The van der Waals surface area contributed by atoms with Crippen LogP contribution in [0.25, 0.3) is 0 Å². The lowest BCUT2D eigenvalue weighted by Gasteiger charge is -2.12. The number of benzene rings is 1. The van der Waals surface area contributed by atoms with Crippen molar-refractivity contribution in [2.75, 3.05) is 6.54 Å². The zero-order valence-corrected chi connectivity index (χ0v) is 10.2. The normalized spacial score (nSPS) is 16.9. The van der Waals surface area contributed by atoms with E-state index in [-0.39, 0.29) is 5.91 Å². The summed E-state index contributed by atoms with van der Waals surface area (Å²) in [5.41, 5.74) is 2.67. The van der Waals surface area contributed by atoms with Gasteiger partial charge in [-0.25, -0.2) is 0 Å². The molecule has 0 radical (unpaired) electrons. The van der Waals surface area contributed by atoms with Gasteiger partial charge in [0.05, 0.1) is 6.10 Å². The SMILES string of the molecule is CCCC(O)c1ccc2c(c1)C(=O)NCCC2. The van der Waals surface area contributed by atoms with Crippen LogP contribution in [-0.4, -0.2) is 17.6 Å². The Bertz CT molecular complexity index is 415. The van der Waals surface area contributed by atoms with Crippen molar-refractivity contribution in [2.45, 2.75) is 38.7 Å². The molecule has 0 aromatic heterocycles. The second-order valence-electron chi connectivity index (χ2n) is 4.58. The summed E-state index contributed by atoms with van der Waals surface area (Å²) in [5.74, 6) is -0.0111. The van der Waals surface area contributed by atoms with Gasteiger partial charge in [-0.3, -0.25) is 4.79 Å². The predicted molar refractivity (Wildman–Crippen MR) is 67.0 cm³/mol. The van der Waals surface area contributed by atoms with Gasteiger partial charge in [0.15, 0.2) is 0 Å². The first-order chi connectivity index (χ1) is 8.22. The highest BCUT2D eigenvalue weighted by Crippen LogP contribution is 2.23. The first-order valence-corrected chi connectivity index (χ1v) is 6.31. The van der Waals surface area contributed by atoms with Crippen molar-refractivity contribution < 1.29 is 9.90 Å². The molecule has 3 nitrogen and oxygen atoms in total. The van der Waals surface area contributed by atoms with Crippen LogP contribution in [0.5, 0.6) is 0 Å². The highest BCUT2D eigenvalue weighted by molar-refractivity contribution is 5.96. The number of carbonyl (C=O) groups is 1. The average Bonchev–Trinajstić information content (AvgIpc) is 2.51. The number of aryl methyl sites for hydroxylation is 1. The molecular weight excluding hydrogens is 214 g/mol. The monoisotopic (exact) mass is 233 g/mol. The molecule has 0 saturated carbocycles. The van der Waals surface area contributed by atoms with E-state index in [1.165, 1.54) is 0 Å². The van der Waals surface area contributed by atoms with Crippen LogP contribution < -0.4 is 5.32 Å². The van der Waals surface area contributed by atoms with Crippen LogP contribution in [-0.2, 0) is 6.42 Å². The van der Waals surface area contributed by atoms with Crippen molar-refractivity contribution in [1.29, 1.82) is 0 Å². The minimum absolute atomic E-state index is 0.0111. The quantitative estimate of drug-likeness (QED) is 0.840. The molecule has 2 rings (SSSR count). The molecule has 0 saturated heterocycles. The lowest BCUT2D eigenvalue weighted by atomic mass is 9.97. The summed E-state index contributed by atoms with van der Waals surface area (Å²) < 4.78 is 0. The van der Waals surface area contributed by atoms with Crippen LogP contribution in [0.15, 0.2) is 18.2 Å². The van der Waals surface area contributed by atoms with E-state index in [2.05, 4.69) is 5.32 Å². The molecule has 92 valence electrons. The van der Waals surface area contributed by atoms with Gasteiger partial charge in [0, 0.05) is 12.1 Å². The lowest BCUT2D eigenvalue weighted by Crippen LogP contribution is -2.22. The fraction of sp³-hybridized carbons (Fsp3) is 0.500. The number of rotatable bonds is 3. The van der Waals surface area contributed by atoms with Crippen molar-refractivity contribution >= 4 is 5.91 Å². The molecule has 1 unspecified atom stereocenters. The van der Waals surface area contributed by atoms with Crippen LogP contribution in [0.4, 0.5) is 0 Å². The topological polar surface area (TPSA) is 49.3 Å². The molecule has 0 spiro atoms. The van der Waals surface area contributed by atoms with Gasteiger partial charge in [-0.15, -0.1) is 0 Å². The van der Waals surface area contributed by atoms with Crippen LogP contribution in [0.3, 0.4) is 0 Å². The number of hydrogen-bond donors (Lipinski definition) is 2. The Morgan fingerprint density at radius 1 is 1.47 bits per heavy atom. The first kappa shape index (κ1) is 12.1. The molecule has 17 heavy (non-hydrogen) atoms. The molecule has 0 bridgehead atoms. The van der Waals surface area contributed by atoms with E-state index in [0.29, 0.717) is 0 Å². The molecule has 1 aromatic carbocycles. The Morgan fingerprint density at radius 2 is 2.29 bits per heavy atom. The third-order valence-electron chi connectivity index (χ3n) is 3.23. The second-order valence-corrected chi connectivity index (χ2v) is 4.58. The predicted octanol–water partition coefficient (Wildman–Crippen LogP) is 2.20. The minimum Gasteiger partial charge on any atom is -0.388 e. The molecule has 1 aromatic rings. The van der Waals surface area contributed by atoms with Crippen molar-refractivity contribution in [3.8, 4) is 0 Å². The van der Waals surface area contributed by atoms with Crippen LogP contribution in [0, 0.1) is 0 Å². The van der Waals surface area contributed by atoms with Crippen molar-refractivity contribution in [1.82, 2.24) is 5.32 Å². The van der Waals surface area contributed by atoms with E-state index in [1.807, 2.05) is 25.1 Å². The van der Waals surface area contributed by atoms with Gasteiger partial charge in [0.2, 0.25) is 0 Å². The number of aliphatic hydroxyl groups excluding tert-OH is 1. The summed E-state index contributed by atoms with van der Waals surface area (Å²) >= 11 is 0. The minimum atomic E-state index is -0.457. The fourth-order valence-electron chi connectivity index (χ4n) is 2.25. The maximum Gasteiger partial charge on any atom is 0.251 e. The maximum absolute atomic E-state index is 11.8. The fourth-order valence-corrected chi connectivity index (χ4v) is 2.25. The molecule has 1 amide bonds. The number of fused-ring (bicyclic) bond motifs is 1. The van der Waals surface area contributed by atoms with Gasteiger partial charge in [-0.2, -0.15) is 0 Å². The number of carbonyl (C=O) groups excluding carboxylic acids is 1. The number of amides is 1. The summed E-state index contributed by atoms with van der Waals surface area (Å²) in [6.07, 6.45) is 3.12. The van der Waals surface area contributed by atoms with Crippen LogP contribution in [0.2, 0.25) is 0 Å².